The minimum Gasteiger partial charge on any atom is -0.414 e. The molecule has 0 spiro atoms. The highest BCUT2D eigenvalue weighted by Crippen LogP contribution is 2.24. The number of hydrogen-bond donors (Lipinski definition) is 0. The zero-order valence-electron chi connectivity index (χ0n) is 9.42. The molecule has 0 saturated heterocycles. The minimum absolute atomic E-state index is 0.106. The Kier molecular flexibility index (Phi) is 3.04. The Morgan fingerprint density at radius 1 is 1.05 bits per heavy atom. The van der Waals surface area contributed by atoms with E-state index in [1.165, 1.54) is 18.5 Å². The highest BCUT2D eigenvalue weighted by Gasteiger charge is 2.14. The Morgan fingerprint density at radius 3 is 2.63 bits per heavy atom. The molecule has 7 heteroatoms. The van der Waals surface area contributed by atoms with E-state index in [4.69, 9.17) is 4.42 Å². The van der Waals surface area contributed by atoms with Crippen molar-refractivity contribution in [2.24, 2.45) is 0 Å². The van der Waals surface area contributed by atoms with Crippen molar-refractivity contribution in [1.29, 1.82) is 0 Å². The van der Waals surface area contributed by atoms with Gasteiger partial charge in [-0.15, -0.1) is 10.2 Å². The van der Waals surface area contributed by atoms with Crippen LogP contribution in [0.15, 0.2) is 45.7 Å². The van der Waals surface area contributed by atoms with Crippen LogP contribution in [0.2, 0.25) is 0 Å². The first-order chi connectivity index (χ1) is 9.24. The molecule has 0 aliphatic rings. The topological polar surface area (TPSA) is 64.7 Å². The summed E-state index contributed by atoms with van der Waals surface area (Å²) in [6.45, 7) is 0. The molecular formula is C12H6BrFN4O. The maximum atomic E-state index is 13.6. The summed E-state index contributed by atoms with van der Waals surface area (Å²) < 4.78 is 19.5. The average molecular weight is 321 g/mol. The predicted octanol–water partition coefficient (Wildman–Crippen LogP) is 3.10. The largest absolute Gasteiger partial charge is 0.414 e. The molecule has 0 radical (unpaired) electrons. The Morgan fingerprint density at radius 2 is 1.84 bits per heavy atom. The van der Waals surface area contributed by atoms with E-state index in [1.807, 2.05) is 0 Å². The molecule has 5 nitrogen and oxygen atoms in total. The van der Waals surface area contributed by atoms with Crippen molar-refractivity contribution in [3.63, 3.8) is 0 Å². The van der Waals surface area contributed by atoms with Gasteiger partial charge in [0.05, 0.1) is 18.0 Å². The quantitative estimate of drug-likeness (QED) is 0.726. The molecule has 94 valence electrons. The van der Waals surface area contributed by atoms with Crippen LogP contribution in [0.3, 0.4) is 0 Å². The fourth-order valence-electron chi connectivity index (χ4n) is 1.52. The summed E-state index contributed by atoms with van der Waals surface area (Å²) in [5.74, 6) is -0.125. The second-order valence-electron chi connectivity index (χ2n) is 3.62. The van der Waals surface area contributed by atoms with E-state index < -0.39 is 5.82 Å². The Labute approximate surface area is 115 Å². The van der Waals surface area contributed by atoms with E-state index in [-0.39, 0.29) is 17.3 Å². The summed E-state index contributed by atoms with van der Waals surface area (Å²) in [5, 5.41) is 7.65. The molecule has 2 heterocycles. The minimum atomic E-state index is -0.418. The van der Waals surface area contributed by atoms with Gasteiger partial charge in [-0.2, -0.15) is 0 Å². The van der Waals surface area contributed by atoms with Crippen LogP contribution in [0, 0.1) is 5.82 Å². The van der Waals surface area contributed by atoms with Gasteiger partial charge in [0, 0.05) is 0 Å². The SMILES string of the molecule is Fc1ccccc1-c1nnc(-c2cncc(Br)n2)o1. The van der Waals surface area contributed by atoms with Gasteiger partial charge < -0.3 is 4.42 Å². The van der Waals surface area contributed by atoms with E-state index >= 15 is 0 Å². The first-order valence-electron chi connectivity index (χ1n) is 5.30. The van der Waals surface area contributed by atoms with E-state index in [0.29, 0.717) is 10.3 Å². The second-order valence-corrected chi connectivity index (χ2v) is 4.43. The summed E-state index contributed by atoms with van der Waals surface area (Å²) in [7, 11) is 0. The van der Waals surface area contributed by atoms with Crippen LogP contribution in [-0.2, 0) is 0 Å². The van der Waals surface area contributed by atoms with Gasteiger partial charge in [0.25, 0.3) is 11.8 Å². The molecule has 0 atom stereocenters. The molecule has 0 fully saturated rings. The molecule has 0 saturated carbocycles. The number of nitrogens with zero attached hydrogens (tertiary/aromatic N) is 4. The van der Waals surface area contributed by atoms with Crippen molar-refractivity contribution in [3.8, 4) is 23.0 Å². The highest BCUT2D eigenvalue weighted by molar-refractivity contribution is 9.10. The van der Waals surface area contributed by atoms with Crippen LogP contribution in [0.4, 0.5) is 4.39 Å². The van der Waals surface area contributed by atoms with Gasteiger partial charge in [0.15, 0.2) is 0 Å². The Hall–Kier alpha value is -2.15. The monoisotopic (exact) mass is 320 g/mol. The van der Waals surface area contributed by atoms with Crippen molar-refractivity contribution in [3.05, 3.63) is 47.1 Å². The Balaban J connectivity index is 2.03. The summed E-state index contributed by atoms with van der Waals surface area (Å²) in [4.78, 5) is 8.09. The van der Waals surface area contributed by atoms with Crippen molar-refractivity contribution in [2.45, 2.75) is 0 Å². The van der Waals surface area contributed by atoms with Crippen molar-refractivity contribution in [1.82, 2.24) is 20.2 Å². The molecule has 0 bridgehead atoms. The van der Waals surface area contributed by atoms with Crippen molar-refractivity contribution in [2.75, 3.05) is 0 Å². The number of halogens is 2. The van der Waals surface area contributed by atoms with Gasteiger partial charge in [-0.05, 0) is 28.1 Å². The maximum absolute atomic E-state index is 13.6. The van der Waals surface area contributed by atoms with Gasteiger partial charge in [-0.25, -0.2) is 9.37 Å². The van der Waals surface area contributed by atoms with Crippen LogP contribution in [-0.4, -0.2) is 20.2 Å². The van der Waals surface area contributed by atoms with E-state index in [2.05, 4.69) is 36.1 Å². The first-order valence-corrected chi connectivity index (χ1v) is 6.09. The number of aromatic nitrogens is 4. The van der Waals surface area contributed by atoms with E-state index in [0.717, 1.165) is 0 Å². The second kappa shape index (κ2) is 4.85. The van der Waals surface area contributed by atoms with Crippen LogP contribution in [0.5, 0.6) is 0 Å². The fraction of sp³-hybridized carbons (Fsp3) is 0. The van der Waals surface area contributed by atoms with Crippen molar-refractivity contribution < 1.29 is 8.81 Å². The summed E-state index contributed by atoms with van der Waals surface area (Å²) in [5.41, 5.74) is 0.675. The third-order valence-corrected chi connectivity index (χ3v) is 2.74. The molecule has 3 aromatic rings. The maximum Gasteiger partial charge on any atom is 0.268 e. The van der Waals surface area contributed by atoms with Gasteiger partial charge in [-0.3, -0.25) is 4.98 Å². The average Bonchev–Trinajstić information content (AvgIpc) is 2.89. The first kappa shape index (κ1) is 11.9. The smallest absolute Gasteiger partial charge is 0.268 e. The molecular weight excluding hydrogens is 315 g/mol. The molecule has 1 aromatic carbocycles. The highest BCUT2D eigenvalue weighted by atomic mass is 79.9. The molecule has 3 rings (SSSR count). The lowest BCUT2D eigenvalue weighted by molar-refractivity contribution is 0.568. The van der Waals surface area contributed by atoms with Crippen LogP contribution >= 0.6 is 15.9 Å². The van der Waals surface area contributed by atoms with Gasteiger partial charge in [-0.1, -0.05) is 12.1 Å². The fourth-order valence-corrected chi connectivity index (χ4v) is 1.82. The Bertz CT molecular complexity index is 731. The molecule has 0 aliphatic carbocycles. The molecule has 0 N–H and O–H groups in total. The van der Waals surface area contributed by atoms with Crippen molar-refractivity contribution >= 4 is 15.9 Å². The third-order valence-electron chi connectivity index (χ3n) is 2.35. The lowest BCUT2D eigenvalue weighted by atomic mass is 10.2. The van der Waals surface area contributed by atoms with E-state index in [1.54, 1.807) is 18.2 Å². The molecule has 0 unspecified atom stereocenters. The molecule has 0 aliphatic heterocycles. The normalized spacial score (nSPS) is 10.6. The lowest BCUT2D eigenvalue weighted by Gasteiger charge is -1.96. The van der Waals surface area contributed by atoms with Gasteiger partial charge in [0.2, 0.25) is 0 Å². The summed E-state index contributed by atoms with van der Waals surface area (Å²) >= 11 is 3.20. The van der Waals surface area contributed by atoms with Gasteiger partial charge in [0.1, 0.15) is 16.1 Å². The molecule has 0 amide bonds. The molecule has 2 aromatic heterocycles. The third kappa shape index (κ3) is 2.37. The predicted molar refractivity (Wildman–Crippen MR) is 68.4 cm³/mol. The zero-order valence-corrected chi connectivity index (χ0v) is 11.0. The summed E-state index contributed by atoms with van der Waals surface area (Å²) in [6, 6.07) is 6.19. The summed E-state index contributed by atoms with van der Waals surface area (Å²) in [6.07, 6.45) is 3.03. The number of rotatable bonds is 2. The van der Waals surface area contributed by atoms with Crippen LogP contribution < -0.4 is 0 Å². The lowest BCUT2D eigenvalue weighted by Crippen LogP contribution is -1.86. The zero-order chi connectivity index (χ0) is 13.2. The van der Waals surface area contributed by atoms with Crippen LogP contribution in [0.1, 0.15) is 0 Å². The van der Waals surface area contributed by atoms with E-state index in [9.17, 15) is 4.39 Å². The van der Waals surface area contributed by atoms with Gasteiger partial charge >= 0.3 is 0 Å². The molecule has 19 heavy (non-hydrogen) atoms. The standard InChI is InChI=1S/C12H6BrFN4O/c13-10-6-15-5-9(16-10)12-18-17-11(19-12)7-3-1-2-4-8(7)14/h1-6H. The van der Waals surface area contributed by atoms with Crippen LogP contribution in [0.25, 0.3) is 23.0 Å². The number of hydrogen-bond acceptors (Lipinski definition) is 5. The number of benzene rings is 1.